The van der Waals surface area contributed by atoms with E-state index in [1.54, 1.807) is 6.92 Å². The van der Waals surface area contributed by atoms with Gasteiger partial charge in [0.2, 0.25) is 0 Å². The van der Waals surface area contributed by atoms with Crippen LogP contribution in [0.25, 0.3) is 0 Å². The van der Waals surface area contributed by atoms with Crippen LogP contribution in [0, 0.1) is 0 Å². The highest BCUT2D eigenvalue weighted by Gasteiger charge is 2.23. The highest BCUT2D eigenvalue weighted by atomic mass is 32.1. The van der Waals surface area contributed by atoms with Crippen molar-refractivity contribution < 1.29 is 24.1 Å². The van der Waals surface area contributed by atoms with Gasteiger partial charge in [-0.3, -0.25) is 0 Å². The maximum Gasteiger partial charge on any atom is 0.281 e. The fraction of sp³-hybridized carbons (Fsp3) is 0.300. The fourth-order valence-electron chi connectivity index (χ4n) is 2.60. The summed E-state index contributed by atoms with van der Waals surface area (Å²) in [6, 6.07) is 11.5. The molecule has 3 rings (SSSR count). The zero-order valence-corrected chi connectivity index (χ0v) is 17.7. The summed E-state index contributed by atoms with van der Waals surface area (Å²) >= 11 is 1.46. The molecule has 0 aliphatic carbocycles. The smallest absolute Gasteiger partial charge is 0.281 e. The maximum absolute atomic E-state index is 5.60. The largest absolute Gasteiger partial charge is 0.470 e. The lowest BCUT2D eigenvalue weighted by atomic mass is 10.1. The van der Waals surface area contributed by atoms with Gasteiger partial charge in [0.15, 0.2) is 12.3 Å². The molecule has 0 amide bonds. The SMILES string of the molecule is CON=C(C(C)=NOCc1ccsc1C(=NOC)C1=NOCCO1)c1ccccc1. The Morgan fingerprint density at radius 1 is 1.07 bits per heavy atom. The minimum atomic E-state index is 0.210. The molecule has 2 aromatic rings. The summed E-state index contributed by atoms with van der Waals surface area (Å²) < 4.78 is 5.54. The number of hydrogen-bond acceptors (Lipinski definition) is 10. The van der Waals surface area contributed by atoms with Gasteiger partial charge < -0.3 is 24.1 Å². The number of oxime groups is 4. The molecule has 0 atom stereocenters. The van der Waals surface area contributed by atoms with E-state index in [2.05, 4.69) is 20.6 Å². The first kappa shape index (κ1) is 21.3. The topological polar surface area (TPSA) is 95.6 Å². The second-order valence-corrected chi connectivity index (χ2v) is 6.83. The molecule has 30 heavy (non-hydrogen) atoms. The van der Waals surface area contributed by atoms with Gasteiger partial charge in [-0.25, -0.2) is 0 Å². The van der Waals surface area contributed by atoms with E-state index in [9.17, 15) is 0 Å². The minimum absolute atomic E-state index is 0.210. The van der Waals surface area contributed by atoms with E-state index in [-0.39, 0.29) is 12.5 Å². The van der Waals surface area contributed by atoms with Crippen molar-refractivity contribution in [3.8, 4) is 0 Å². The molecule has 10 heteroatoms. The average Bonchev–Trinajstić information content (AvgIpc) is 3.25. The first-order valence-electron chi connectivity index (χ1n) is 9.09. The molecule has 0 unspecified atom stereocenters. The van der Waals surface area contributed by atoms with Gasteiger partial charge in [0.05, 0.1) is 4.88 Å². The maximum atomic E-state index is 5.60. The van der Waals surface area contributed by atoms with Crippen LogP contribution in [-0.4, -0.2) is 50.5 Å². The molecule has 0 spiro atoms. The number of benzene rings is 1. The third-order valence-electron chi connectivity index (χ3n) is 3.90. The lowest BCUT2D eigenvalue weighted by molar-refractivity contribution is 0.0672. The van der Waals surface area contributed by atoms with E-state index >= 15 is 0 Å². The molecule has 0 saturated heterocycles. The van der Waals surface area contributed by atoms with Crippen molar-refractivity contribution >= 4 is 34.4 Å². The Morgan fingerprint density at radius 3 is 2.57 bits per heavy atom. The van der Waals surface area contributed by atoms with Crippen LogP contribution in [0.5, 0.6) is 0 Å². The van der Waals surface area contributed by atoms with Gasteiger partial charge in [0.25, 0.3) is 5.90 Å². The van der Waals surface area contributed by atoms with Gasteiger partial charge in [-0.2, -0.15) is 0 Å². The van der Waals surface area contributed by atoms with E-state index in [1.807, 2.05) is 41.8 Å². The molecule has 0 saturated carbocycles. The van der Waals surface area contributed by atoms with E-state index in [0.29, 0.717) is 30.3 Å². The van der Waals surface area contributed by atoms with Crippen LogP contribution in [0.15, 0.2) is 62.4 Å². The van der Waals surface area contributed by atoms with Crippen LogP contribution in [0.3, 0.4) is 0 Å². The van der Waals surface area contributed by atoms with Crippen molar-refractivity contribution in [2.24, 2.45) is 20.6 Å². The summed E-state index contributed by atoms with van der Waals surface area (Å²) in [4.78, 5) is 21.4. The first-order valence-corrected chi connectivity index (χ1v) is 9.97. The van der Waals surface area contributed by atoms with Crippen molar-refractivity contribution in [1.29, 1.82) is 0 Å². The molecule has 9 nitrogen and oxygen atoms in total. The summed E-state index contributed by atoms with van der Waals surface area (Å²) in [6.45, 7) is 2.80. The van der Waals surface area contributed by atoms with Crippen LogP contribution in [0.2, 0.25) is 0 Å². The van der Waals surface area contributed by atoms with E-state index < -0.39 is 0 Å². The van der Waals surface area contributed by atoms with Crippen LogP contribution in [0.4, 0.5) is 0 Å². The highest BCUT2D eigenvalue weighted by Crippen LogP contribution is 2.21. The predicted molar refractivity (Wildman–Crippen MR) is 115 cm³/mol. The van der Waals surface area contributed by atoms with Gasteiger partial charge in [-0.15, -0.1) is 11.3 Å². The van der Waals surface area contributed by atoms with E-state index in [1.165, 1.54) is 25.6 Å². The number of rotatable bonds is 9. The highest BCUT2D eigenvalue weighted by molar-refractivity contribution is 7.13. The number of nitrogens with zero attached hydrogens (tertiary/aromatic N) is 4. The molecular weight excluding hydrogens is 408 g/mol. The number of thiophene rings is 1. The third-order valence-corrected chi connectivity index (χ3v) is 4.87. The molecule has 1 aliphatic heterocycles. The Balaban J connectivity index is 1.75. The van der Waals surface area contributed by atoms with Gasteiger partial charge in [-0.05, 0) is 23.5 Å². The molecule has 0 N–H and O–H groups in total. The molecule has 0 radical (unpaired) electrons. The van der Waals surface area contributed by atoms with Gasteiger partial charge in [0.1, 0.15) is 38.9 Å². The third kappa shape index (κ3) is 5.35. The normalized spacial score (nSPS) is 15.0. The summed E-state index contributed by atoms with van der Waals surface area (Å²) in [6.07, 6.45) is 0. The van der Waals surface area contributed by atoms with E-state index in [0.717, 1.165) is 16.0 Å². The Kier molecular flexibility index (Phi) is 7.78. The molecule has 158 valence electrons. The van der Waals surface area contributed by atoms with Crippen LogP contribution in [0.1, 0.15) is 22.9 Å². The molecule has 0 bridgehead atoms. The number of hydrogen-bond donors (Lipinski definition) is 0. The van der Waals surface area contributed by atoms with Crippen LogP contribution >= 0.6 is 11.3 Å². The zero-order chi connectivity index (χ0) is 21.2. The lowest BCUT2D eigenvalue weighted by Gasteiger charge is -2.14. The van der Waals surface area contributed by atoms with Crippen molar-refractivity contribution in [1.82, 2.24) is 0 Å². The predicted octanol–water partition coefficient (Wildman–Crippen LogP) is 3.40. The Hall–Kier alpha value is -3.40. The fourth-order valence-corrected chi connectivity index (χ4v) is 3.48. The van der Waals surface area contributed by atoms with Crippen LogP contribution < -0.4 is 0 Å². The molecular formula is C20H22N4O5S. The summed E-state index contributed by atoms with van der Waals surface area (Å²) in [5.74, 6) is 0.269. The quantitative estimate of drug-likeness (QED) is 0.449. The van der Waals surface area contributed by atoms with Gasteiger partial charge in [-0.1, -0.05) is 45.8 Å². The van der Waals surface area contributed by atoms with Crippen molar-refractivity contribution in [3.63, 3.8) is 0 Å². The molecule has 1 aromatic carbocycles. The number of ether oxygens (including phenoxy) is 1. The Bertz CT molecular complexity index is 953. The lowest BCUT2D eigenvalue weighted by Crippen LogP contribution is -2.25. The summed E-state index contributed by atoms with van der Waals surface area (Å²) in [7, 11) is 2.95. The second kappa shape index (κ2) is 11.0. The zero-order valence-electron chi connectivity index (χ0n) is 16.9. The summed E-state index contributed by atoms with van der Waals surface area (Å²) in [5.41, 5.74) is 3.35. The minimum Gasteiger partial charge on any atom is -0.470 e. The molecule has 1 aliphatic rings. The van der Waals surface area contributed by atoms with Gasteiger partial charge >= 0.3 is 0 Å². The standard InChI is InChI=1S/C20H22N4O5S/c1-14(17(22-25-2)15-7-5-4-6-8-15)21-29-13-16-9-12-30-19(16)18(23-26-3)20-24-28-11-10-27-20/h4-9,12H,10-11,13H2,1-3H3. The van der Waals surface area contributed by atoms with Gasteiger partial charge in [0, 0.05) is 11.1 Å². The van der Waals surface area contributed by atoms with Crippen molar-refractivity contribution in [2.45, 2.75) is 13.5 Å². The Labute approximate surface area is 178 Å². The van der Waals surface area contributed by atoms with Crippen LogP contribution in [-0.2, 0) is 30.7 Å². The van der Waals surface area contributed by atoms with E-state index in [4.69, 9.17) is 24.1 Å². The second-order valence-electron chi connectivity index (χ2n) is 5.91. The monoisotopic (exact) mass is 430 g/mol. The van der Waals surface area contributed by atoms with Crippen molar-refractivity contribution in [3.05, 3.63) is 57.8 Å². The Morgan fingerprint density at radius 2 is 1.87 bits per heavy atom. The first-order chi connectivity index (χ1) is 14.7. The molecule has 0 fully saturated rings. The average molecular weight is 430 g/mol. The molecule has 2 heterocycles. The summed E-state index contributed by atoms with van der Waals surface area (Å²) in [5, 5.41) is 18.2. The van der Waals surface area contributed by atoms with Crippen molar-refractivity contribution in [2.75, 3.05) is 27.4 Å². The molecule has 1 aromatic heterocycles.